The number of hydrogen-bond donors (Lipinski definition) is 0. The summed E-state index contributed by atoms with van der Waals surface area (Å²) < 4.78 is 0. The van der Waals surface area contributed by atoms with Gasteiger partial charge in [0.25, 0.3) is 6.71 Å². The number of aromatic nitrogens is 1. The molecule has 3 heterocycles. The Bertz CT molecular complexity index is 2820. The maximum absolute atomic E-state index is 6.04. The van der Waals surface area contributed by atoms with Crippen LogP contribution in [0.1, 0.15) is 233 Å². The molecule has 1 aromatic heterocycles. The molecule has 5 aromatic rings. The summed E-state index contributed by atoms with van der Waals surface area (Å²) >= 11 is 0. The quantitative estimate of drug-likeness (QED) is 0.161. The van der Waals surface area contributed by atoms with Gasteiger partial charge in [0.05, 0.1) is 5.69 Å². The Morgan fingerprint density at radius 3 is 1.07 bits per heavy atom. The molecular formula is C65H84BN3. The van der Waals surface area contributed by atoms with Crippen LogP contribution in [0.15, 0.2) is 66.7 Å². The summed E-state index contributed by atoms with van der Waals surface area (Å²) in [5.74, 6) is 1.10. The van der Waals surface area contributed by atoms with Crippen molar-refractivity contribution in [3.05, 3.63) is 117 Å². The van der Waals surface area contributed by atoms with E-state index in [1.165, 1.54) is 141 Å². The van der Waals surface area contributed by atoms with Crippen molar-refractivity contribution in [3.8, 4) is 0 Å². The van der Waals surface area contributed by atoms with Gasteiger partial charge in [-0.05, 0) is 198 Å². The third-order valence-corrected chi connectivity index (χ3v) is 19.8. The van der Waals surface area contributed by atoms with Crippen LogP contribution in [0.2, 0.25) is 0 Å². The molecule has 69 heavy (non-hydrogen) atoms. The van der Waals surface area contributed by atoms with E-state index in [9.17, 15) is 0 Å². The van der Waals surface area contributed by atoms with Crippen molar-refractivity contribution in [1.82, 2.24) is 4.98 Å². The number of hydrogen-bond acceptors (Lipinski definition) is 3. The van der Waals surface area contributed by atoms with Crippen molar-refractivity contribution in [2.75, 3.05) is 9.80 Å². The van der Waals surface area contributed by atoms with Crippen molar-refractivity contribution >= 4 is 57.4 Å². The number of rotatable bonds is 2. The van der Waals surface area contributed by atoms with E-state index in [1.807, 2.05) is 0 Å². The second-order valence-electron chi connectivity index (χ2n) is 29.6. The van der Waals surface area contributed by atoms with Gasteiger partial charge < -0.3 is 4.90 Å². The first-order valence-electron chi connectivity index (χ1n) is 27.1. The fraction of sp³-hybridized carbons (Fsp3) is 0.554. The molecule has 0 spiro atoms. The highest BCUT2D eigenvalue weighted by Gasteiger charge is 2.50. The molecule has 362 valence electrons. The summed E-state index contributed by atoms with van der Waals surface area (Å²) in [6.45, 7) is 46.9. The van der Waals surface area contributed by atoms with Crippen LogP contribution >= 0.6 is 0 Å². The highest BCUT2D eigenvalue weighted by Crippen LogP contribution is 2.55. The fourth-order valence-electron chi connectivity index (χ4n) is 14.3. The second kappa shape index (κ2) is 14.2. The minimum Gasteiger partial charge on any atom is -0.311 e. The van der Waals surface area contributed by atoms with E-state index in [2.05, 4.69) is 208 Å². The Hall–Kier alpha value is -4.31. The lowest BCUT2D eigenvalue weighted by Gasteiger charge is -2.49. The molecule has 2 aliphatic heterocycles. The highest BCUT2D eigenvalue weighted by atomic mass is 15.2. The minimum absolute atomic E-state index is 0.00676. The van der Waals surface area contributed by atoms with Gasteiger partial charge in [-0.1, -0.05) is 156 Å². The van der Waals surface area contributed by atoms with E-state index in [0.717, 1.165) is 11.5 Å². The molecular weight excluding hydrogens is 834 g/mol. The van der Waals surface area contributed by atoms with Crippen LogP contribution in [0.4, 0.5) is 34.3 Å². The molecule has 0 unspecified atom stereocenters. The first kappa shape index (κ1) is 47.0. The number of anilines is 6. The van der Waals surface area contributed by atoms with Crippen molar-refractivity contribution in [3.63, 3.8) is 0 Å². The molecule has 11 rings (SSSR count). The standard InChI is InChI=1S/C65H84BN3/c1-57(2,3)54-38-53-55-56(67-54)69(40-21-23-42-44(33-40)61(10,11)27-25-59(42,6)7)52-37-48-46(63(14,15)29-31-65(48,18)19)35-50(52)66(55)49-34-45-47(64(16,17)30-28-62(45,12)13)36-51(49)68(53)39-20-22-41-43(32-39)60(8,9)26-24-58(41,4)5/h20-23,32-38H,24-31H2,1-19H3. The van der Waals surface area contributed by atoms with Gasteiger partial charge in [-0.25, -0.2) is 4.98 Å². The van der Waals surface area contributed by atoms with Crippen molar-refractivity contribution in [1.29, 1.82) is 0 Å². The SMILES string of the molecule is CC(C)(C)c1cc2c3c(n1)N(c1ccc4c(c1)C(C)(C)CCC4(C)C)c1cc4c(cc1B3c1cc3c(cc1N2c1ccc2c(c1)C(C)(C)CCC2(C)C)C(C)(C)CCC3(C)C)C(C)(C)CCC4(C)C. The lowest BCUT2D eigenvalue weighted by Crippen LogP contribution is -2.62. The topological polar surface area (TPSA) is 19.4 Å². The monoisotopic (exact) mass is 918 g/mol. The maximum Gasteiger partial charge on any atom is 0.254 e. The van der Waals surface area contributed by atoms with Gasteiger partial charge in [0.15, 0.2) is 0 Å². The van der Waals surface area contributed by atoms with Crippen LogP contribution in [0, 0.1) is 0 Å². The number of benzene rings is 4. The fourth-order valence-corrected chi connectivity index (χ4v) is 14.3. The molecule has 3 nitrogen and oxygen atoms in total. The van der Waals surface area contributed by atoms with E-state index in [4.69, 9.17) is 4.98 Å². The largest absolute Gasteiger partial charge is 0.311 e. The number of nitrogens with zero attached hydrogens (tertiary/aromatic N) is 3. The van der Waals surface area contributed by atoms with E-state index in [-0.39, 0.29) is 55.4 Å². The highest BCUT2D eigenvalue weighted by molar-refractivity contribution is 7.00. The molecule has 0 bridgehead atoms. The second-order valence-corrected chi connectivity index (χ2v) is 29.6. The van der Waals surface area contributed by atoms with Gasteiger partial charge in [-0.2, -0.15) is 0 Å². The zero-order valence-corrected chi connectivity index (χ0v) is 46.4. The number of fused-ring (bicyclic) bond motifs is 8. The Morgan fingerprint density at radius 1 is 0.377 bits per heavy atom. The van der Waals surface area contributed by atoms with Crippen LogP contribution in [-0.2, 0) is 48.7 Å². The molecule has 0 fully saturated rings. The van der Waals surface area contributed by atoms with Crippen LogP contribution < -0.4 is 26.2 Å². The van der Waals surface area contributed by atoms with E-state index >= 15 is 0 Å². The summed E-state index contributed by atoms with van der Waals surface area (Å²) in [7, 11) is 0. The lowest BCUT2D eigenvalue weighted by atomic mass is 9.33. The van der Waals surface area contributed by atoms with Crippen molar-refractivity contribution < 1.29 is 0 Å². The van der Waals surface area contributed by atoms with Gasteiger partial charge >= 0.3 is 0 Å². The van der Waals surface area contributed by atoms with Gasteiger partial charge in [0.1, 0.15) is 5.82 Å². The average molecular weight is 918 g/mol. The molecule has 0 saturated carbocycles. The summed E-state index contributed by atoms with van der Waals surface area (Å²) in [5.41, 5.74) is 24.2. The van der Waals surface area contributed by atoms with Crippen molar-refractivity contribution in [2.45, 2.75) is 232 Å². The molecule has 0 saturated heterocycles. The third kappa shape index (κ3) is 6.88. The van der Waals surface area contributed by atoms with Gasteiger partial charge in [-0.3, -0.25) is 4.90 Å². The van der Waals surface area contributed by atoms with E-state index in [0.29, 0.717) is 0 Å². The molecule has 0 amide bonds. The molecule has 0 N–H and O–H groups in total. The third-order valence-electron chi connectivity index (χ3n) is 19.8. The zero-order valence-electron chi connectivity index (χ0n) is 46.4. The summed E-state index contributed by atoms with van der Waals surface area (Å²) in [5, 5.41) is 0. The smallest absolute Gasteiger partial charge is 0.254 e. The van der Waals surface area contributed by atoms with Gasteiger partial charge in [0, 0.05) is 33.9 Å². The van der Waals surface area contributed by atoms with Crippen molar-refractivity contribution in [2.24, 2.45) is 0 Å². The predicted octanol–water partition coefficient (Wildman–Crippen LogP) is 15.9. The normalized spacial score (nSPS) is 23.1. The summed E-state index contributed by atoms with van der Waals surface area (Å²) in [6, 6.07) is 28.5. The predicted molar refractivity (Wildman–Crippen MR) is 298 cm³/mol. The van der Waals surface area contributed by atoms with Gasteiger partial charge in [0.2, 0.25) is 0 Å². The Morgan fingerprint density at radius 2 is 0.696 bits per heavy atom. The average Bonchev–Trinajstić information content (AvgIpc) is 3.26. The molecule has 0 atom stereocenters. The minimum atomic E-state index is -0.202. The molecule has 4 aromatic carbocycles. The van der Waals surface area contributed by atoms with Crippen LogP contribution in [0.3, 0.4) is 0 Å². The van der Waals surface area contributed by atoms with E-state index < -0.39 is 0 Å². The lowest BCUT2D eigenvalue weighted by molar-refractivity contribution is 0.332. The van der Waals surface area contributed by atoms with Crippen LogP contribution in [0.25, 0.3) is 0 Å². The maximum atomic E-state index is 6.04. The Labute approximate surface area is 418 Å². The summed E-state index contributed by atoms with van der Waals surface area (Å²) in [6.07, 6.45) is 9.48. The van der Waals surface area contributed by atoms with Gasteiger partial charge in [-0.15, -0.1) is 0 Å². The Kier molecular flexibility index (Phi) is 9.69. The summed E-state index contributed by atoms with van der Waals surface area (Å²) in [4.78, 5) is 11.4. The first-order valence-corrected chi connectivity index (χ1v) is 27.1. The molecule has 6 aliphatic rings. The molecule has 0 radical (unpaired) electrons. The zero-order chi connectivity index (χ0) is 49.8. The van der Waals surface area contributed by atoms with E-state index in [1.54, 1.807) is 0 Å². The number of pyridine rings is 1. The Balaban J connectivity index is 1.30. The molecule has 4 heteroatoms. The van der Waals surface area contributed by atoms with Crippen LogP contribution in [-0.4, -0.2) is 11.7 Å². The molecule has 4 aliphatic carbocycles. The van der Waals surface area contributed by atoms with Crippen LogP contribution in [0.5, 0.6) is 0 Å². The first-order chi connectivity index (χ1) is 31.8.